The zero-order chi connectivity index (χ0) is 18.4. The van der Waals surface area contributed by atoms with Gasteiger partial charge in [0.1, 0.15) is 11.6 Å². The quantitative estimate of drug-likeness (QED) is 0.579. The molecule has 9 heteroatoms. The Morgan fingerprint density at radius 2 is 1.96 bits per heavy atom. The van der Waals surface area contributed by atoms with Crippen molar-refractivity contribution in [2.24, 2.45) is 0 Å². The van der Waals surface area contributed by atoms with Crippen LogP contribution in [-0.4, -0.2) is 37.9 Å². The highest BCUT2D eigenvalue weighted by Gasteiger charge is 2.28. The fraction of sp³-hybridized carbons (Fsp3) is 0.625. The number of carbonyl (C=O) groups is 2. The second-order valence-electron chi connectivity index (χ2n) is 5.60. The van der Waals surface area contributed by atoms with Crippen LogP contribution in [0.25, 0.3) is 0 Å². The molecule has 140 valence electrons. The third-order valence-corrected chi connectivity index (χ3v) is 4.85. The van der Waals surface area contributed by atoms with Gasteiger partial charge in [-0.15, -0.1) is 11.3 Å². The molecule has 0 unspecified atom stereocenters. The third-order valence-electron chi connectivity index (χ3n) is 3.64. The predicted molar refractivity (Wildman–Crippen MR) is 87.0 cm³/mol. The normalized spacial score (nSPS) is 14.1. The van der Waals surface area contributed by atoms with E-state index in [2.05, 4.69) is 10.1 Å². The van der Waals surface area contributed by atoms with Crippen molar-refractivity contribution < 1.29 is 32.2 Å². The van der Waals surface area contributed by atoms with Gasteiger partial charge in [-0.25, -0.2) is 4.79 Å². The molecule has 1 N–H and O–H groups in total. The summed E-state index contributed by atoms with van der Waals surface area (Å²) in [5.74, 6) is -0.975. The van der Waals surface area contributed by atoms with E-state index in [9.17, 15) is 22.8 Å². The minimum Gasteiger partial charge on any atom is -0.462 e. The number of anilines is 1. The summed E-state index contributed by atoms with van der Waals surface area (Å²) < 4.78 is 45.5. The van der Waals surface area contributed by atoms with Crippen molar-refractivity contribution in [3.8, 4) is 0 Å². The first kappa shape index (κ1) is 19.7. The van der Waals surface area contributed by atoms with E-state index in [1.807, 2.05) is 0 Å². The average molecular weight is 379 g/mol. The van der Waals surface area contributed by atoms with Crippen molar-refractivity contribution in [3.05, 3.63) is 16.0 Å². The van der Waals surface area contributed by atoms with Gasteiger partial charge in [0, 0.05) is 4.88 Å². The molecule has 0 saturated heterocycles. The maximum absolute atomic E-state index is 12.2. The van der Waals surface area contributed by atoms with Gasteiger partial charge < -0.3 is 14.8 Å². The minimum atomic E-state index is -4.42. The number of aryl methyl sites for hydroxylation is 1. The molecule has 0 bridgehead atoms. The molecule has 5 nitrogen and oxygen atoms in total. The Bertz CT molecular complexity index is 628. The number of carbonyl (C=O) groups excluding carboxylic acids is 2. The lowest BCUT2D eigenvalue weighted by atomic mass is 9.95. The topological polar surface area (TPSA) is 64.6 Å². The number of fused-ring (bicyclic) bond motifs is 1. The van der Waals surface area contributed by atoms with E-state index in [1.165, 1.54) is 11.3 Å². The molecule has 0 aliphatic heterocycles. The summed E-state index contributed by atoms with van der Waals surface area (Å²) in [7, 11) is 0. The van der Waals surface area contributed by atoms with Crippen LogP contribution in [0.1, 0.15) is 47.0 Å². The predicted octanol–water partition coefficient (Wildman–Crippen LogP) is 3.71. The third kappa shape index (κ3) is 5.71. The zero-order valence-corrected chi connectivity index (χ0v) is 14.6. The van der Waals surface area contributed by atoms with Crippen LogP contribution >= 0.6 is 11.3 Å². The van der Waals surface area contributed by atoms with Gasteiger partial charge >= 0.3 is 12.1 Å². The molecule has 1 aliphatic carbocycles. The highest BCUT2D eigenvalue weighted by molar-refractivity contribution is 7.17. The second kappa shape index (κ2) is 8.66. The van der Waals surface area contributed by atoms with Crippen molar-refractivity contribution in [2.75, 3.05) is 25.1 Å². The van der Waals surface area contributed by atoms with Gasteiger partial charge in [0.05, 0.1) is 25.2 Å². The minimum absolute atomic E-state index is 0.221. The number of thiophene rings is 1. The van der Waals surface area contributed by atoms with E-state index in [4.69, 9.17) is 4.74 Å². The number of alkyl halides is 3. The van der Waals surface area contributed by atoms with E-state index in [1.54, 1.807) is 6.92 Å². The lowest BCUT2D eigenvalue weighted by Crippen LogP contribution is -2.20. The Balaban J connectivity index is 2.02. The van der Waals surface area contributed by atoms with Crippen molar-refractivity contribution in [2.45, 2.75) is 45.2 Å². The molecule has 0 radical (unpaired) electrons. The van der Waals surface area contributed by atoms with Crippen molar-refractivity contribution in [1.82, 2.24) is 0 Å². The molecule has 1 aromatic rings. The molecule has 1 aromatic heterocycles. The van der Waals surface area contributed by atoms with E-state index >= 15 is 0 Å². The molecule has 1 aliphatic rings. The summed E-state index contributed by atoms with van der Waals surface area (Å²) in [5.41, 5.74) is 1.30. The van der Waals surface area contributed by atoms with Crippen LogP contribution in [0.2, 0.25) is 0 Å². The Morgan fingerprint density at radius 1 is 1.24 bits per heavy atom. The highest BCUT2D eigenvalue weighted by atomic mass is 32.1. The molecule has 0 spiro atoms. The first-order chi connectivity index (χ1) is 11.8. The molecular formula is C16H20F3NO4S. The molecule has 0 aromatic carbocycles. The largest absolute Gasteiger partial charge is 0.462 e. The van der Waals surface area contributed by atoms with Gasteiger partial charge in [0.15, 0.2) is 0 Å². The standard InChI is InChI=1S/C16H20F3NO4S/c1-2-24-15(22)13-10-5-3-4-6-11(10)25-14(13)20-12(21)7-8-23-9-16(17,18)19/h2-9H2,1H3,(H,20,21). The summed E-state index contributed by atoms with van der Waals surface area (Å²) in [5, 5.41) is 3.03. The Hall–Kier alpha value is -1.61. The molecule has 1 heterocycles. The monoisotopic (exact) mass is 379 g/mol. The van der Waals surface area contributed by atoms with Crippen molar-refractivity contribution in [1.29, 1.82) is 0 Å². The van der Waals surface area contributed by atoms with Gasteiger partial charge in [0.2, 0.25) is 5.91 Å². The van der Waals surface area contributed by atoms with E-state index in [0.29, 0.717) is 10.6 Å². The van der Waals surface area contributed by atoms with Crippen molar-refractivity contribution in [3.63, 3.8) is 0 Å². The van der Waals surface area contributed by atoms with Crippen LogP contribution in [0.3, 0.4) is 0 Å². The summed E-state index contributed by atoms with van der Waals surface area (Å²) in [4.78, 5) is 25.3. The number of halogens is 3. The van der Waals surface area contributed by atoms with Gasteiger partial charge in [-0.1, -0.05) is 0 Å². The first-order valence-electron chi connectivity index (χ1n) is 8.07. The summed E-state index contributed by atoms with van der Waals surface area (Å²) >= 11 is 1.33. The number of amides is 1. The Labute approximate surface area is 147 Å². The van der Waals surface area contributed by atoms with Crippen molar-refractivity contribution >= 4 is 28.2 Å². The zero-order valence-electron chi connectivity index (χ0n) is 13.8. The summed E-state index contributed by atoms with van der Waals surface area (Å²) in [6, 6.07) is 0. The Morgan fingerprint density at radius 3 is 2.64 bits per heavy atom. The van der Waals surface area contributed by atoms with Crippen LogP contribution in [0.5, 0.6) is 0 Å². The van der Waals surface area contributed by atoms with Gasteiger partial charge in [0.25, 0.3) is 0 Å². The molecule has 0 fully saturated rings. The average Bonchev–Trinajstić information content (AvgIpc) is 2.88. The number of nitrogens with one attached hydrogen (secondary N) is 1. The summed E-state index contributed by atoms with van der Waals surface area (Å²) in [6.45, 7) is 0.196. The maximum atomic E-state index is 12.2. The SMILES string of the molecule is CCOC(=O)c1c(NC(=O)CCOCC(F)(F)F)sc2c1CCCC2. The number of hydrogen-bond donors (Lipinski definition) is 1. The smallest absolute Gasteiger partial charge is 0.411 e. The number of esters is 1. The lowest BCUT2D eigenvalue weighted by Gasteiger charge is -2.12. The van der Waals surface area contributed by atoms with Crippen LogP contribution in [0, 0.1) is 0 Å². The van der Waals surface area contributed by atoms with Gasteiger partial charge in [-0.05, 0) is 38.2 Å². The van der Waals surface area contributed by atoms with Gasteiger partial charge in [-0.2, -0.15) is 13.2 Å². The maximum Gasteiger partial charge on any atom is 0.411 e. The highest BCUT2D eigenvalue weighted by Crippen LogP contribution is 2.38. The summed E-state index contributed by atoms with van der Waals surface area (Å²) in [6.07, 6.45) is -1.05. The number of rotatable bonds is 7. The molecule has 1 amide bonds. The van der Waals surface area contributed by atoms with Crippen LogP contribution in [-0.2, 0) is 27.1 Å². The Kier molecular flexibility index (Phi) is 6.83. The van der Waals surface area contributed by atoms with E-state index in [-0.39, 0.29) is 19.6 Å². The fourth-order valence-corrected chi connectivity index (χ4v) is 3.91. The van der Waals surface area contributed by atoms with Gasteiger partial charge in [-0.3, -0.25) is 4.79 Å². The second-order valence-corrected chi connectivity index (χ2v) is 6.71. The molecule has 0 atom stereocenters. The lowest BCUT2D eigenvalue weighted by molar-refractivity contribution is -0.174. The van der Waals surface area contributed by atoms with Crippen LogP contribution < -0.4 is 5.32 Å². The molecule has 2 rings (SSSR count). The first-order valence-corrected chi connectivity index (χ1v) is 8.89. The number of ether oxygens (including phenoxy) is 2. The van der Waals surface area contributed by atoms with E-state index in [0.717, 1.165) is 36.1 Å². The molecule has 0 saturated carbocycles. The number of hydrogen-bond acceptors (Lipinski definition) is 5. The molecular weight excluding hydrogens is 359 g/mol. The van der Waals surface area contributed by atoms with E-state index < -0.39 is 24.7 Å². The fourth-order valence-electron chi connectivity index (χ4n) is 2.62. The molecule has 25 heavy (non-hydrogen) atoms. The van der Waals surface area contributed by atoms with Crippen LogP contribution in [0.4, 0.5) is 18.2 Å². The van der Waals surface area contributed by atoms with Crippen LogP contribution in [0.15, 0.2) is 0 Å².